The smallest absolute Gasteiger partial charge is 0.277 e. The molecule has 22 heavy (non-hydrogen) atoms. The molecule has 3 heterocycles. The van der Waals surface area contributed by atoms with Crippen LogP contribution < -0.4 is 0 Å². The maximum Gasteiger partial charge on any atom is 0.277 e. The van der Waals surface area contributed by atoms with Gasteiger partial charge in [0.05, 0.1) is 5.57 Å². The molecular weight excluding hydrogens is 296 g/mol. The Morgan fingerprint density at radius 1 is 1.18 bits per heavy atom. The molecule has 5 heteroatoms. The predicted molar refractivity (Wildman–Crippen MR) is 88.2 cm³/mol. The van der Waals surface area contributed by atoms with Crippen LogP contribution in [0.3, 0.4) is 0 Å². The molecule has 2 unspecified atom stereocenters. The van der Waals surface area contributed by atoms with Crippen LogP contribution in [0.2, 0.25) is 0 Å². The van der Waals surface area contributed by atoms with Crippen molar-refractivity contribution in [3.8, 4) is 0 Å². The third-order valence-corrected chi connectivity index (χ3v) is 5.30. The van der Waals surface area contributed by atoms with E-state index in [2.05, 4.69) is 18.7 Å². The minimum atomic E-state index is -0.143. The van der Waals surface area contributed by atoms with Crippen molar-refractivity contribution in [1.29, 1.82) is 0 Å². The van der Waals surface area contributed by atoms with Gasteiger partial charge >= 0.3 is 0 Å². The number of hydrogen-bond donors (Lipinski definition) is 0. The molecule has 0 saturated carbocycles. The third-order valence-electron chi connectivity index (χ3n) is 4.41. The van der Waals surface area contributed by atoms with Gasteiger partial charge in [0.1, 0.15) is 5.70 Å². The van der Waals surface area contributed by atoms with E-state index in [9.17, 15) is 9.59 Å². The van der Waals surface area contributed by atoms with Crippen molar-refractivity contribution in [3.05, 3.63) is 28.1 Å². The van der Waals surface area contributed by atoms with Gasteiger partial charge in [-0.15, -0.1) is 11.3 Å². The zero-order chi connectivity index (χ0) is 15.9. The number of imide groups is 1. The molecule has 0 aromatic carbocycles. The van der Waals surface area contributed by atoms with Crippen LogP contribution in [0.25, 0.3) is 5.57 Å². The van der Waals surface area contributed by atoms with Gasteiger partial charge in [0.25, 0.3) is 11.8 Å². The summed E-state index contributed by atoms with van der Waals surface area (Å²) in [6, 6.07) is 3.86. The number of carbonyl (C=O) groups excluding carboxylic acids is 2. The first-order valence-corrected chi connectivity index (χ1v) is 8.80. The molecular formula is C17H22N2O2S. The first-order valence-electron chi connectivity index (χ1n) is 7.92. The Bertz CT molecular complexity index is 611. The number of rotatable bonds is 3. The molecule has 0 bridgehead atoms. The van der Waals surface area contributed by atoms with Crippen molar-refractivity contribution in [1.82, 2.24) is 9.80 Å². The van der Waals surface area contributed by atoms with E-state index in [-0.39, 0.29) is 11.8 Å². The summed E-state index contributed by atoms with van der Waals surface area (Å²) in [5.74, 6) is 0.812. The number of hydrogen-bond acceptors (Lipinski definition) is 4. The quantitative estimate of drug-likeness (QED) is 0.805. The fraction of sp³-hybridized carbons (Fsp3) is 0.529. The maximum absolute atomic E-state index is 12.8. The summed E-state index contributed by atoms with van der Waals surface area (Å²) in [5.41, 5.74) is 1.22. The van der Waals surface area contributed by atoms with Crippen LogP contribution >= 0.6 is 11.3 Å². The molecule has 1 aromatic heterocycles. The monoisotopic (exact) mass is 318 g/mol. The highest BCUT2D eigenvalue weighted by molar-refractivity contribution is 7.11. The van der Waals surface area contributed by atoms with Gasteiger partial charge in [-0.1, -0.05) is 19.9 Å². The Balaban J connectivity index is 2.06. The molecule has 0 aliphatic carbocycles. The molecule has 118 valence electrons. The lowest BCUT2D eigenvalue weighted by atomic mass is 9.91. The van der Waals surface area contributed by atoms with E-state index < -0.39 is 0 Å². The lowest BCUT2D eigenvalue weighted by Crippen LogP contribution is -2.41. The van der Waals surface area contributed by atoms with Gasteiger partial charge in [0.15, 0.2) is 0 Å². The van der Waals surface area contributed by atoms with Gasteiger partial charge in [0, 0.05) is 24.5 Å². The maximum atomic E-state index is 12.8. The fourth-order valence-electron chi connectivity index (χ4n) is 3.63. The van der Waals surface area contributed by atoms with Crippen molar-refractivity contribution >= 4 is 28.7 Å². The van der Waals surface area contributed by atoms with Crippen LogP contribution in [0, 0.1) is 11.8 Å². The zero-order valence-electron chi connectivity index (χ0n) is 13.3. The molecule has 4 nitrogen and oxygen atoms in total. The van der Waals surface area contributed by atoms with Gasteiger partial charge in [-0.05, 0) is 36.6 Å². The number of carbonyl (C=O) groups is 2. The van der Waals surface area contributed by atoms with E-state index in [0.717, 1.165) is 18.0 Å². The number of nitrogens with zero attached hydrogens (tertiary/aromatic N) is 2. The summed E-state index contributed by atoms with van der Waals surface area (Å²) < 4.78 is 0. The lowest BCUT2D eigenvalue weighted by Gasteiger charge is -2.37. The molecule has 2 aliphatic rings. The SMILES string of the molecule is CCN1C(=O)C(c2cccs2)=C(N2CC(C)CC(C)C2)C1=O. The van der Waals surface area contributed by atoms with E-state index in [0.29, 0.717) is 29.7 Å². The van der Waals surface area contributed by atoms with Crippen LogP contribution in [0.1, 0.15) is 32.1 Å². The Morgan fingerprint density at radius 3 is 2.41 bits per heavy atom. The van der Waals surface area contributed by atoms with Crippen molar-refractivity contribution in [2.24, 2.45) is 11.8 Å². The van der Waals surface area contributed by atoms with Gasteiger partial charge in [0.2, 0.25) is 0 Å². The summed E-state index contributed by atoms with van der Waals surface area (Å²) >= 11 is 1.52. The van der Waals surface area contributed by atoms with Gasteiger partial charge < -0.3 is 4.90 Å². The van der Waals surface area contributed by atoms with Crippen LogP contribution in [0.4, 0.5) is 0 Å². The third kappa shape index (κ3) is 2.47. The highest BCUT2D eigenvalue weighted by Crippen LogP contribution is 2.36. The van der Waals surface area contributed by atoms with Gasteiger partial charge in [-0.3, -0.25) is 14.5 Å². The topological polar surface area (TPSA) is 40.6 Å². The van der Waals surface area contributed by atoms with E-state index >= 15 is 0 Å². The van der Waals surface area contributed by atoms with Crippen molar-refractivity contribution in [2.75, 3.05) is 19.6 Å². The van der Waals surface area contributed by atoms with Crippen molar-refractivity contribution in [3.63, 3.8) is 0 Å². The first-order chi connectivity index (χ1) is 10.5. The molecule has 1 aromatic rings. The first kappa shape index (κ1) is 15.3. The zero-order valence-corrected chi connectivity index (χ0v) is 14.2. The molecule has 0 N–H and O–H groups in total. The fourth-order valence-corrected chi connectivity index (χ4v) is 4.39. The van der Waals surface area contributed by atoms with Crippen molar-refractivity contribution < 1.29 is 9.59 Å². The van der Waals surface area contributed by atoms with Crippen LogP contribution in [0.5, 0.6) is 0 Å². The molecule has 1 saturated heterocycles. The molecule has 2 atom stereocenters. The number of likely N-dealkylation sites (N-methyl/N-ethyl adjacent to an activating group) is 1. The minimum Gasteiger partial charge on any atom is -0.366 e. The van der Waals surface area contributed by atoms with E-state index in [1.807, 2.05) is 24.4 Å². The standard InChI is InChI=1S/C17H22N2O2S/c1-4-19-16(20)14(13-6-5-7-22-13)15(17(19)21)18-9-11(2)8-12(3)10-18/h5-7,11-12H,4,8-10H2,1-3H3. The Morgan fingerprint density at radius 2 is 1.86 bits per heavy atom. The predicted octanol–water partition coefficient (Wildman–Crippen LogP) is 2.83. The Kier molecular flexibility index (Phi) is 4.08. The second-order valence-corrected chi connectivity index (χ2v) is 7.35. The summed E-state index contributed by atoms with van der Waals surface area (Å²) in [6.07, 6.45) is 1.18. The second-order valence-electron chi connectivity index (χ2n) is 6.41. The summed E-state index contributed by atoms with van der Waals surface area (Å²) in [7, 11) is 0. The second kappa shape index (κ2) is 5.88. The molecule has 2 aliphatic heterocycles. The Hall–Kier alpha value is -1.62. The van der Waals surface area contributed by atoms with Crippen LogP contribution in [-0.2, 0) is 9.59 Å². The van der Waals surface area contributed by atoms with E-state index in [4.69, 9.17) is 0 Å². The molecule has 3 rings (SSSR count). The number of amides is 2. The molecule has 1 fully saturated rings. The van der Waals surface area contributed by atoms with Crippen molar-refractivity contribution in [2.45, 2.75) is 27.2 Å². The normalized spacial score (nSPS) is 26.3. The largest absolute Gasteiger partial charge is 0.366 e. The molecule has 2 amide bonds. The number of thiophene rings is 1. The number of likely N-dealkylation sites (tertiary alicyclic amines) is 1. The van der Waals surface area contributed by atoms with E-state index in [1.165, 1.54) is 22.7 Å². The molecule has 0 spiro atoms. The minimum absolute atomic E-state index is 0.128. The number of piperidine rings is 1. The highest BCUT2D eigenvalue weighted by Gasteiger charge is 2.42. The average Bonchev–Trinajstić information content (AvgIpc) is 3.04. The highest BCUT2D eigenvalue weighted by atomic mass is 32.1. The van der Waals surface area contributed by atoms with Crippen LogP contribution in [0.15, 0.2) is 23.2 Å². The van der Waals surface area contributed by atoms with Gasteiger partial charge in [-0.25, -0.2) is 0 Å². The average molecular weight is 318 g/mol. The Labute approximate surface area is 135 Å². The molecule has 0 radical (unpaired) electrons. The van der Waals surface area contributed by atoms with Gasteiger partial charge in [-0.2, -0.15) is 0 Å². The summed E-state index contributed by atoms with van der Waals surface area (Å²) in [4.78, 5) is 29.9. The summed E-state index contributed by atoms with van der Waals surface area (Å²) in [6.45, 7) is 8.41. The van der Waals surface area contributed by atoms with E-state index in [1.54, 1.807) is 0 Å². The summed E-state index contributed by atoms with van der Waals surface area (Å²) in [5, 5.41) is 1.95. The van der Waals surface area contributed by atoms with Crippen LogP contribution in [-0.4, -0.2) is 41.2 Å². The lowest BCUT2D eigenvalue weighted by molar-refractivity contribution is -0.137.